The Balaban J connectivity index is 2.12. The molecular formula is C17H16Cl2N2. The van der Waals surface area contributed by atoms with Crippen LogP contribution in [0.2, 0.25) is 5.02 Å². The van der Waals surface area contributed by atoms with Crippen LogP contribution in [0.3, 0.4) is 0 Å². The number of aryl methyl sites for hydroxylation is 1. The molecule has 108 valence electrons. The number of halogens is 2. The first-order chi connectivity index (χ1) is 10.0. The van der Waals surface area contributed by atoms with Crippen molar-refractivity contribution in [3.8, 4) is 0 Å². The molecule has 3 rings (SSSR count). The van der Waals surface area contributed by atoms with Gasteiger partial charge in [0, 0.05) is 11.6 Å². The monoisotopic (exact) mass is 318 g/mol. The second-order valence-electron chi connectivity index (χ2n) is 5.29. The Bertz CT molecular complexity index is 773. The molecule has 0 aliphatic heterocycles. The molecule has 4 heteroatoms. The van der Waals surface area contributed by atoms with Crippen molar-refractivity contribution in [3.05, 3.63) is 64.4 Å². The highest BCUT2D eigenvalue weighted by Crippen LogP contribution is 2.26. The van der Waals surface area contributed by atoms with Crippen molar-refractivity contribution in [3.63, 3.8) is 0 Å². The lowest BCUT2D eigenvalue weighted by molar-refractivity contribution is 0.742. The topological polar surface area (TPSA) is 17.8 Å². The van der Waals surface area contributed by atoms with Crippen molar-refractivity contribution >= 4 is 34.2 Å². The Morgan fingerprint density at radius 2 is 1.86 bits per heavy atom. The van der Waals surface area contributed by atoms with Gasteiger partial charge in [0.15, 0.2) is 0 Å². The fourth-order valence-electron chi connectivity index (χ4n) is 2.49. The summed E-state index contributed by atoms with van der Waals surface area (Å²) in [6.45, 7) is 4.78. The Labute approximate surface area is 134 Å². The first kappa shape index (κ1) is 14.4. The number of fused-ring (bicyclic) bond motifs is 1. The number of alkyl halides is 1. The summed E-state index contributed by atoms with van der Waals surface area (Å²) in [5.74, 6) is 0.896. The highest BCUT2D eigenvalue weighted by atomic mass is 35.5. The van der Waals surface area contributed by atoms with E-state index in [2.05, 4.69) is 28.6 Å². The summed E-state index contributed by atoms with van der Waals surface area (Å²) in [5.41, 5.74) is 4.50. The van der Waals surface area contributed by atoms with Gasteiger partial charge in [0.1, 0.15) is 5.82 Å². The number of aromatic nitrogens is 2. The highest BCUT2D eigenvalue weighted by molar-refractivity contribution is 6.30. The fourth-order valence-corrected chi connectivity index (χ4v) is 2.79. The summed E-state index contributed by atoms with van der Waals surface area (Å²) < 4.78 is 2.18. The standard InChI is InChI=1S/C17H16Cl2N2/c1-11-3-8-15-16(9-11)21(17(20-15)12(2)18)10-13-4-6-14(19)7-5-13/h3-9,12H,10H2,1-2H3. The summed E-state index contributed by atoms with van der Waals surface area (Å²) in [5, 5.41) is 0.612. The first-order valence-electron chi connectivity index (χ1n) is 6.90. The molecule has 21 heavy (non-hydrogen) atoms. The van der Waals surface area contributed by atoms with E-state index in [-0.39, 0.29) is 5.38 Å². The summed E-state index contributed by atoms with van der Waals surface area (Å²) in [7, 11) is 0. The quantitative estimate of drug-likeness (QED) is 0.595. The third-order valence-corrected chi connectivity index (χ3v) is 3.99. The Kier molecular flexibility index (Phi) is 3.92. The van der Waals surface area contributed by atoms with E-state index in [9.17, 15) is 0 Å². The van der Waals surface area contributed by atoms with E-state index in [0.29, 0.717) is 0 Å². The molecule has 0 N–H and O–H groups in total. The zero-order valence-electron chi connectivity index (χ0n) is 12.0. The molecule has 0 fully saturated rings. The number of rotatable bonds is 3. The maximum Gasteiger partial charge on any atom is 0.128 e. The molecule has 0 spiro atoms. The van der Waals surface area contributed by atoms with Crippen molar-refractivity contribution in [1.29, 1.82) is 0 Å². The van der Waals surface area contributed by atoms with E-state index in [4.69, 9.17) is 23.2 Å². The third kappa shape index (κ3) is 2.92. The summed E-state index contributed by atoms with van der Waals surface area (Å²) in [6, 6.07) is 14.2. The van der Waals surface area contributed by atoms with E-state index in [1.54, 1.807) is 0 Å². The van der Waals surface area contributed by atoms with Crippen LogP contribution < -0.4 is 0 Å². The van der Waals surface area contributed by atoms with Crippen molar-refractivity contribution in [2.75, 3.05) is 0 Å². The molecule has 1 aromatic heterocycles. The minimum Gasteiger partial charge on any atom is -0.322 e. The van der Waals surface area contributed by atoms with Gasteiger partial charge in [-0.1, -0.05) is 29.8 Å². The number of nitrogens with zero attached hydrogens (tertiary/aromatic N) is 2. The summed E-state index contributed by atoms with van der Waals surface area (Å²) >= 11 is 12.3. The molecule has 0 amide bonds. The number of hydrogen-bond donors (Lipinski definition) is 0. The SMILES string of the molecule is Cc1ccc2nc(C(C)Cl)n(Cc3ccc(Cl)cc3)c2c1. The average molecular weight is 319 g/mol. The maximum atomic E-state index is 6.31. The van der Waals surface area contributed by atoms with Crippen molar-refractivity contribution < 1.29 is 0 Å². The minimum absolute atomic E-state index is 0.134. The van der Waals surface area contributed by atoms with Crippen molar-refractivity contribution in [2.45, 2.75) is 25.8 Å². The van der Waals surface area contributed by atoms with Gasteiger partial charge in [-0.3, -0.25) is 0 Å². The summed E-state index contributed by atoms with van der Waals surface area (Å²) in [4.78, 5) is 4.67. The van der Waals surface area contributed by atoms with Gasteiger partial charge in [0.05, 0.1) is 16.4 Å². The van der Waals surface area contributed by atoms with Crippen LogP contribution >= 0.6 is 23.2 Å². The number of hydrogen-bond acceptors (Lipinski definition) is 1. The van der Waals surface area contributed by atoms with Crippen LogP contribution in [0.25, 0.3) is 11.0 Å². The molecule has 0 aliphatic carbocycles. The van der Waals surface area contributed by atoms with E-state index in [1.165, 1.54) is 11.1 Å². The van der Waals surface area contributed by atoms with Gasteiger partial charge in [-0.2, -0.15) is 0 Å². The molecule has 0 saturated heterocycles. The van der Waals surface area contributed by atoms with Crippen LogP contribution in [0.15, 0.2) is 42.5 Å². The average Bonchev–Trinajstić information content (AvgIpc) is 2.80. The Hall–Kier alpha value is -1.51. The smallest absolute Gasteiger partial charge is 0.128 e. The molecule has 1 heterocycles. The Morgan fingerprint density at radius 3 is 2.52 bits per heavy atom. The van der Waals surface area contributed by atoms with Gasteiger partial charge in [0.25, 0.3) is 0 Å². The normalized spacial score (nSPS) is 12.8. The second-order valence-corrected chi connectivity index (χ2v) is 6.38. The zero-order valence-corrected chi connectivity index (χ0v) is 13.5. The van der Waals surface area contributed by atoms with Crippen LogP contribution in [-0.2, 0) is 6.54 Å². The van der Waals surface area contributed by atoms with E-state index < -0.39 is 0 Å². The van der Waals surface area contributed by atoms with Gasteiger partial charge in [-0.25, -0.2) is 4.98 Å². The van der Waals surface area contributed by atoms with Crippen molar-refractivity contribution in [2.24, 2.45) is 0 Å². The second kappa shape index (κ2) is 5.70. The Morgan fingerprint density at radius 1 is 1.14 bits per heavy atom. The molecule has 0 saturated carbocycles. The predicted molar refractivity (Wildman–Crippen MR) is 89.3 cm³/mol. The lowest BCUT2D eigenvalue weighted by atomic mass is 10.2. The molecule has 1 unspecified atom stereocenters. The highest BCUT2D eigenvalue weighted by Gasteiger charge is 2.15. The van der Waals surface area contributed by atoms with Crippen LogP contribution in [-0.4, -0.2) is 9.55 Å². The minimum atomic E-state index is -0.134. The third-order valence-electron chi connectivity index (χ3n) is 3.54. The lowest BCUT2D eigenvalue weighted by Crippen LogP contribution is -2.05. The molecular weight excluding hydrogens is 303 g/mol. The number of benzene rings is 2. The van der Waals surface area contributed by atoms with Gasteiger partial charge in [-0.15, -0.1) is 11.6 Å². The fraction of sp³-hybridized carbons (Fsp3) is 0.235. The van der Waals surface area contributed by atoms with Crippen LogP contribution in [0.4, 0.5) is 0 Å². The van der Waals surface area contributed by atoms with Gasteiger partial charge in [-0.05, 0) is 49.2 Å². The van der Waals surface area contributed by atoms with Crippen LogP contribution in [0.5, 0.6) is 0 Å². The molecule has 0 aliphatic rings. The molecule has 0 bridgehead atoms. The summed E-state index contributed by atoms with van der Waals surface area (Å²) in [6.07, 6.45) is 0. The molecule has 0 radical (unpaired) electrons. The number of imidazole rings is 1. The molecule has 3 aromatic rings. The van der Waals surface area contributed by atoms with E-state index in [1.807, 2.05) is 37.3 Å². The molecule has 2 nitrogen and oxygen atoms in total. The lowest BCUT2D eigenvalue weighted by Gasteiger charge is -2.11. The molecule has 2 aromatic carbocycles. The zero-order chi connectivity index (χ0) is 15.0. The van der Waals surface area contributed by atoms with Crippen LogP contribution in [0, 0.1) is 6.92 Å². The van der Waals surface area contributed by atoms with Crippen molar-refractivity contribution in [1.82, 2.24) is 9.55 Å². The largest absolute Gasteiger partial charge is 0.322 e. The van der Waals surface area contributed by atoms with Gasteiger partial charge in [0.2, 0.25) is 0 Å². The van der Waals surface area contributed by atoms with Crippen LogP contribution in [0.1, 0.15) is 29.3 Å². The van der Waals surface area contributed by atoms with E-state index >= 15 is 0 Å². The predicted octanol–water partition coefficient (Wildman–Crippen LogP) is 5.35. The van der Waals surface area contributed by atoms with Gasteiger partial charge < -0.3 is 4.57 Å². The molecule has 1 atom stereocenters. The first-order valence-corrected chi connectivity index (χ1v) is 7.71. The van der Waals surface area contributed by atoms with E-state index in [0.717, 1.165) is 28.4 Å². The maximum absolute atomic E-state index is 6.31. The van der Waals surface area contributed by atoms with Gasteiger partial charge >= 0.3 is 0 Å².